The summed E-state index contributed by atoms with van der Waals surface area (Å²) in [7, 11) is 0. The van der Waals surface area contributed by atoms with Crippen molar-refractivity contribution in [2.75, 3.05) is 11.5 Å². The molecule has 4 aliphatic rings. The van der Waals surface area contributed by atoms with Crippen LogP contribution in [-0.2, 0) is 19.6 Å². The predicted molar refractivity (Wildman–Crippen MR) is 159 cm³/mol. The summed E-state index contributed by atoms with van der Waals surface area (Å²) in [4.78, 5) is 24.9. The summed E-state index contributed by atoms with van der Waals surface area (Å²) in [5.74, 6) is 2.66. The van der Waals surface area contributed by atoms with Gasteiger partial charge in [-0.15, -0.1) is 23.5 Å². The highest BCUT2D eigenvalue weighted by molar-refractivity contribution is 7.99. The van der Waals surface area contributed by atoms with E-state index in [0.29, 0.717) is 11.8 Å². The predicted octanol–water partition coefficient (Wildman–Crippen LogP) is 6.84. The summed E-state index contributed by atoms with van der Waals surface area (Å²) in [6.45, 7) is 7.95. The van der Waals surface area contributed by atoms with E-state index in [-0.39, 0.29) is 23.4 Å². The second-order valence-electron chi connectivity index (χ2n) is 12.8. The molecule has 8 heteroatoms. The van der Waals surface area contributed by atoms with Gasteiger partial charge in [0.05, 0.1) is 11.2 Å². The quantitative estimate of drug-likeness (QED) is 0.281. The fraction of sp³-hybridized carbons (Fsp3) is 0.625. The van der Waals surface area contributed by atoms with Crippen molar-refractivity contribution in [1.29, 1.82) is 0 Å². The number of benzene rings is 2. The smallest absolute Gasteiger partial charge is 0.122 e. The minimum atomic E-state index is -0.746. The van der Waals surface area contributed by atoms with Crippen LogP contribution < -0.4 is 0 Å². The summed E-state index contributed by atoms with van der Waals surface area (Å²) in [5.41, 5.74) is -2.03. The summed E-state index contributed by atoms with van der Waals surface area (Å²) in [5, 5.41) is 20.5. The van der Waals surface area contributed by atoms with Gasteiger partial charge < -0.3 is 10.2 Å². The number of hydrogen-bond donors (Lipinski definition) is 2. The van der Waals surface area contributed by atoms with Crippen molar-refractivity contribution in [3.63, 3.8) is 0 Å². The zero-order chi connectivity index (χ0) is 28.4. The first kappa shape index (κ1) is 30.4. The van der Waals surface area contributed by atoms with Gasteiger partial charge in [-0.05, 0) is 102 Å². The number of rotatable bonds is 6. The van der Waals surface area contributed by atoms with E-state index in [1.807, 2.05) is 26.0 Å². The van der Waals surface area contributed by atoms with Crippen molar-refractivity contribution in [3.8, 4) is 0 Å². The Morgan fingerprint density at radius 1 is 0.650 bits per heavy atom. The van der Waals surface area contributed by atoms with Crippen LogP contribution in [0.1, 0.15) is 66.2 Å². The van der Waals surface area contributed by atoms with Gasteiger partial charge in [-0.2, -0.15) is 0 Å². The molecule has 6 nitrogen and oxygen atoms in total. The fourth-order valence-electron chi connectivity index (χ4n) is 6.15. The minimum Gasteiger partial charge on any atom is -0.387 e. The van der Waals surface area contributed by atoms with Gasteiger partial charge >= 0.3 is 0 Å². The van der Waals surface area contributed by atoms with E-state index in [9.17, 15) is 10.2 Å². The van der Waals surface area contributed by atoms with E-state index in [2.05, 4.69) is 62.4 Å². The number of thioether (sulfide) groups is 2. The van der Waals surface area contributed by atoms with E-state index >= 15 is 0 Å². The van der Waals surface area contributed by atoms with E-state index in [4.69, 9.17) is 19.6 Å². The van der Waals surface area contributed by atoms with Gasteiger partial charge in [0.1, 0.15) is 23.4 Å². The second-order valence-corrected chi connectivity index (χ2v) is 14.9. The van der Waals surface area contributed by atoms with Gasteiger partial charge in [-0.3, -0.25) is 0 Å². The molecule has 0 spiro atoms. The number of fused-ring (bicyclic) bond motifs is 4. The van der Waals surface area contributed by atoms with Crippen molar-refractivity contribution in [3.05, 3.63) is 60.7 Å². The normalized spacial score (nSPS) is 40.5. The standard InChI is InChI=1S/2C16H22O3S/c2*1-15(17)9-8-12-10-14(15)18-19-16(12,2)11-20-13-6-4-3-5-7-13/h2*3-7,12,14,17H,8-11H2,1-2H3/t2*12?,14?,15-,16?/m10/s1. The van der Waals surface area contributed by atoms with Crippen LogP contribution in [0.3, 0.4) is 0 Å². The molecule has 40 heavy (non-hydrogen) atoms. The molecule has 2 heterocycles. The lowest BCUT2D eigenvalue weighted by Gasteiger charge is -2.50. The monoisotopic (exact) mass is 588 g/mol. The molecule has 6 unspecified atom stereocenters. The number of aliphatic hydroxyl groups is 2. The molecule has 2 aliphatic heterocycles. The molecule has 2 aromatic carbocycles. The van der Waals surface area contributed by atoms with Gasteiger partial charge in [0, 0.05) is 21.3 Å². The molecule has 2 saturated carbocycles. The lowest BCUT2D eigenvalue weighted by molar-refractivity contribution is -0.441. The topological polar surface area (TPSA) is 77.4 Å². The van der Waals surface area contributed by atoms with Gasteiger partial charge in [-0.1, -0.05) is 36.4 Å². The average molecular weight is 589 g/mol. The Morgan fingerprint density at radius 3 is 1.40 bits per heavy atom. The maximum absolute atomic E-state index is 10.3. The van der Waals surface area contributed by atoms with Gasteiger partial charge in [0.15, 0.2) is 0 Å². The Labute approximate surface area is 247 Å². The van der Waals surface area contributed by atoms with Crippen molar-refractivity contribution in [1.82, 2.24) is 0 Å². The van der Waals surface area contributed by atoms with E-state index < -0.39 is 11.2 Å². The molecule has 6 rings (SSSR count). The van der Waals surface area contributed by atoms with Crippen molar-refractivity contribution >= 4 is 23.5 Å². The van der Waals surface area contributed by atoms with Crippen LogP contribution in [-0.4, -0.2) is 56.3 Å². The van der Waals surface area contributed by atoms with E-state index in [1.54, 1.807) is 23.5 Å². The van der Waals surface area contributed by atoms with Crippen LogP contribution in [0.25, 0.3) is 0 Å². The Hall–Kier alpha value is -1.10. The van der Waals surface area contributed by atoms with E-state index in [1.165, 1.54) is 9.79 Å². The maximum Gasteiger partial charge on any atom is 0.122 e. The zero-order valence-electron chi connectivity index (χ0n) is 24.1. The van der Waals surface area contributed by atoms with Gasteiger partial charge in [-0.25, -0.2) is 19.6 Å². The molecule has 4 bridgehead atoms. The van der Waals surface area contributed by atoms with Crippen molar-refractivity contribution in [2.45, 2.75) is 111 Å². The van der Waals surface area contributed by atoms with Crippen LogP contribution in [0.5, 0.6) is 0 Å². The molecular weight excluding hydrogens is 544 g/mol. The highest BCUT2D eigenvalue weighted by Crippen LogP contribution is 2.48. The molecule has 0 amide bonds. The lowest BCUT2D eigenvalue weighted by Crippen LogP contribution is -2.57. The molecule has 0 aromatic heterocycles. The summed E-state index contributed by atoms with van der Waals surface area (Å²) in [6, 6.07) is 20.7. The molecule has 4 fully saturated rings. The Kier molecular flexibility index (Phi) is 9.30. The van der Waals surface area contributed by atoms with Crippen LogP contribution in [0.4, 0.5) is 0 Å². The molecule has 2 aromatic rings. The third-order valence-electron chi connectivity index (χ3n) is 9.36. The molecule has 2 aliphatic carbocycles. The zero-order valence-corrected chi connectivity index (χ0v) is 25.7. The molecule has 220 valence electrons. The highest BCUT2D eigenvalue weighted by atomic mass is 32.2. The van der Waals surface area contributed by atoms with Crippen molar-refractivity contribution in [2.24, 2.45) is 11.8 Å². The summed E-state index contributed by atoms with van der Waals surface area (Å²) < 4.78 is 0. The molecule has 0 radical (unpaired) electrons. The molecule has 2 saturated heterocycles. The minimum absolute atomic E-state index is 0.184. The Morgan fingerprint density at radius 2 is 1.02 bits per heavy atom. The first-order chi connectivity index (χ1) is 19.0. The Bertz CT molecular complexity index is 1010. The summed E-state index contributed by atoms with van der Waals surface area (Å²) in [6.07, 6.45) is 4.98. The van der Waals surface area contributed by atoms with E-state index in [0.717, 1.165) is 50.0 Å². The average Bonchev–Trinajstić information content (AvgIpc) is 2.95. The van der Waals surface area contributed by atoms with Gasteiger partial charge in [0.25, 0.3) is 0 Å². The second kappa shape index (κ2) is 12.3. The third-order valence-corrected chi connectivity index (χ3v) is 12.0. The van der Waals surface area contributed by atoms with Crippen LogP contribution in [0, 0.1) is 11.8 Å². The van der Waals surface area contributed by atoms with Crippen LogP contribution in [0.15, 0.2) is 70.5 Å². The lowest BCUT2D eigenvalue weighted by atomic mass is 9.71. The van der Waals surface area contributed by atoms with Crippen LogP contribution in [0.2, 0.25) is 0 Å². The first-order valence-corrected chi connectivity index (χ1v) is 16.5. The third kappa shape index (κ3) is 6.92. The molecule has 2 N–H and O–H groups in total. The molecule has 8 atom stereocenters. The SMILES string of the molecule is CC1(CSc2ccccc2)OOC2CC1CC[C@@]2(C)O.CC1(CSc2ccccc2)OOC2CC1CC[C@]2(C)O. The van der Waals surface area contributed by atoms with Gasteiger partial charge in [0.2, 0.25) is 0 Å². The van der Waals surface area contributed by atoms with Crippen LogP contribution >= 0.6 is 23.5 Å². The maximum atomic E-state index is 10.3. The fourth-order valence-corrected chi connectivity index (χ4v) is 8.33. The highest BCUT2D eigenvalue weighted by Gasteiger charge is 2.53. The summed E-state index contributed by atoms with van der Waals surface area (Å²) >= 11 is 3.61. The van der Waals surface area contributed by atoms with Crippen molar-refractivity contribution < 1.29 is 29.8 Å². The number of hydrogen-bond acceptors (Lipinski definition) is 8. The first-order valence-electron chi connectivity index (χ1n) is 14.5. The largest absolute Gasteiger partial charge is 0.387 e. The molecular formula is C32H44O6S2. The Balaban J connectivity index is 0.000000161.